The normalized spacial score (nSPS) is 28.3. The third-order valence-electron chi connectivity index (χ3n) is 5.04. The molecule has 1 aliphatic rings. The zero-order chi connectivity index (χ0) is 13.5. The predicted molar refractivity (Wildman–Crippen MR) is 81.0 cm³/mol. The van der Waals surface area contributed by atoms with Crippen molar-refractivity contribution < 1.29 is 0 Å². The summed E-state index contributed by atoms with van der Waals surface area (Å²) in [4.78, 5) is 2.61. The Morgan fingerprint density at radius 3 is 2.22 bits per heavy atom. The van der Waals surface area contributed by atoms with E-state index in [-0.39, 0.29) is 0 Å². The molecule has 0 spiro atoms. The summed E-state index contributed by atoms with van der Waals surface area (Å²) in [5.74, 6) is 1.00. The lowest BCUT2D eigenvalue weighted by Gasteiger charge is -2.38. The lowest BCUT2D eigenvalue weighted by atomic mass is 9.84. The van der Waals surface area contributed by atoms with E-state index in [1.165, 1.54) is 38.5 Å². The lowest BCUT2D eigenvalue weighted by molar-refractivity contribution is 0.124. The van der Waals surface area contributed by atoms with Crippen molar-refractivity contribution in [3.8, 4) is 0 Å². The summed E-state index contributed by atoms with van der Waals surface area (Å²) in [6, 6.07) is 2.13. The standard InChI is InChI=1S/C16H34N2/c1-6-13(3)17-12-14(4)18(5)16-10-8-15(7-2)9-11-16/h13-17H,6-12H2,1-5H3. The van der Waals surface area contributed by atoms with Gasteiger partial charge >= 0.3 is 0 Å². The molecule has 1 N–H and O–H groups in total. The van der Waals surface area contributed by atoms with Crippen molar-refractivity contribution in [1.82, 2.24) is 10.2 Å². The molecule has 1 aliphatic carbocycles. The number of hydrogen-bond donors (Lipinski definition) is 1. The fourth-order valence-electron chi connectivity index (χ4n) is 2.98. The summed E-state index contributed by atoms with van der Waals surface area (Å²) in [5, 5.41) is 3.63. The Bertz CT molecular complexity index is 209. The summed E-state index contributed by atoms with van der Waals surface area (Å²) in [6.07, 6.45) is 8.29. The molecule has 2 heteroatoms. The van der Waals surface area contributed by atoms with Gasteiger partial charge < -0.3 is 5.32 Å². The van der Waals surface area contributed by atoms with Crippen LogP contribution in [0.4, 0.5) is 0 Å². The second-order valence-electron chi connectivity index (χ2n) is 6.31. The molecule has 2 nitrogen and oxygen atoms in total. The highest BCUT2D eigenvalue weighted by Gasteiger charge is 2.25. The first-order chi connectivity index (χ1) is 8.58. The molecule has 108 valence electrons. The van der Waals surface area contributed by atoms with Crippen LogP contribution < -0.4 is 5.32 Å². The van der Waals surface area contributed by atoms with Crippen LogP contribution in [0.15, 0.2) is 0 Å². The molecule has 2 atom stereocenters. The fourth-order valence-corrected chi connectivity index (χ4v) is 2.98. The molecule has 1 fully saturated rings. The molecule has 0 aromatic heterocycles. The molecule has 0 radical (unpaired) electrons. The van der Waals surface area contributed by atoms with E-state index in [4.69, 9.17) is 0 Å². The number of nitrogens with zero attached hydrogens (tertiary/aromatic N) is 1. The van der Waals surface area contributed by atoms with Gasteiger partial charge in [-0.15, -0.1) is 0 Å². The van der Waals surface area contributed by atoms with Crippen LogP contribution in [0.25, 0.3) is 0 Å². The summed E-state index contributed by atoms with van der Waals surface area (Å²) in [6.45, 7) is 10.4. The van der Waals surface area contributed by atoms with E-state index < -0.39 is 0 Å². The summed E-state index contributed by atoms with van der Waals surface area (Å²) < 4.78 is 0. The predicted octanol–water partition coefficient (Wildman–Crippen LogP) is 3.66. The molecule has 2 unspecified atom stereocenters. The Kier molecular flexibility index (Phi) is 7.25. The molecular weight excluding hydrogens is 220 g/mol. The number of nitrogens with one attached hydrogen (secondary N) is 1. The monoisotopic (exact) mass is 254 g/mol. The average molecular weight is 254 g/mol. The van der Waals surface area contributed by atoms with Gasteiger partial charge in [0.1, 0.15) is 0 Å². The Morgan fingerprint density at radius 1 is 1.11 bits per heavy atom. The molecule has 1 saturated carbocycles. The minimum Gasteiger partial charge on any atom is -0.313 e. The van der Waals surface area contributed by atoms with Gasteiger partial charge in [0.05, 0.1) is 0 Å². The second kappa shape index (κ2) is 8.16. The maximum Gasteiger partial charge on any atom is 0.0192 e. The van der Waals surface area contributed by atoms with E-state index in [2.05, 4.69) is 45.0 Å². The van der Waals surface area contributed by atoms with Gasteiger partial charge in [-0.25, -0.2) is 0 Å². The Labute approximate surface area is 115 Å². The van der Waals surface area contributed by atoms with Crippen LogP contribution in [0.3, 0.4) is 0 Å². The van der Waals surface area contributed by atoms with Crippen LogP contribution in [0, 0.1) is 5.92 Å². The van der Waals surface area contributed by atoms with Crippen LogP contribution in [0.2, 0.25) is 0 Å². The van der Waals surface area contributed by atoms with Crippen LogP contribution in [0.5, 0.6) is 0 Å². The van der Waals surface area contributed by atoms with Gasteiger partial charge in [0, 0.05) is 24.7 Å². The highest BCUT2D eigenvalue weighted by molar-refractivity contribution is 4.81. The first kappa shape index (κ1) is 16.0. The van der Waals surface area contributed by atoms with E-state index >= 15 is 0 Å². The average Bonchev–Trinajstić information content (AvgIpc) is 2.43. The van der Waals surface area contributed by atoms with E-state index in [1.54, 1.807) is 0 Å². The van der Waals surface area contributed by atoms with Gasteiger partial charge in [0.15, 0.2) is 0 Å². The highest BCUT2D eigenvalue weighted by atomic mass is 15.2. The van der Waals surface area contributed by atoms with Crippen molar-refractivity contribution in [2.24, 2.45) is 5.92 Å². The molecule has 1 rings (SSSR count). The summed E-state index contributed by atoms with van der Waals surface area (Å²) in [7, 11) is 2.32. The van der Waals surface area contributed by atoms with E-state index in [1.807, 2.05) is 0 Å². The van der Waals surface area contributed by atoms with Gasteiger partial charge in [0.2, 0.25) is 0 Å². The Balaban J connectivity index is 2.28. The molecule has 0 bridgehead atoms. The molecular formula is C16H34N2. The maximum atomic E-state index is 3.63. The van der Waals surface area contributed by atoms with Crippen LogP contribution >= 0.6 is 0 Å². The van der Waals surface area contributed by atoms with Gasteiger partial charge in [-0.1, -0.05) is 20.3 Å². The van der Waals surface area contributed by atoms with Gasteiger partial charge in [0.25, 0.3) is 0 Å². The molecule has 0 aromatic rings. The smallest absolute Gasteiger partial charge is 0.0192 e. The van der Waals surface area contributed by atoms with E-state index in [0.717, 1.165) is 18.5 Å². The quantitative estimate of drug-likeness (QED) is 0.746. The lowest BCUT2D eigenvalue weighted by Crippen LogP contribution is -2.46. The number of likely N-dealkylation sites (N-methyl/N-ethyl adjacent to an activating group) is 1. The zero-order valence-electron chi connectivity index (χ0n) is 13.2. The third-order valence-corrected chi connectivity index (χ3v) is 5.04. The molecule has 18 heavy (non-hydrogen) atoms. The van der Waals surface area contributed by atoms with Crippen molar-refractivity contribution in [2.75, 3.05) is 13.6 Å². The minimum atomic E-state index is 0.650. The van der Waals surface area contributed by atoms with Crippen molar-refractivity contribution in [1.29, 1.82) is 0 Å². The fraction of sp³-hybridized carbons (Fsp3) is 1.00. The van der Waals surface area contributed by atoms with Gasteiger partial charge in [-0.3, -0.25) is 4.90 Å². The van der Waals surface area contributed by atoms with Crippen LogP contribution in [-0.4, -0.2) is 36.6 Å². The van der Waals surface area contributed by atoms with Crippen molar-refractivity contribution in [2.45, 2.75) is 84.3 Å². The molecule has 0 aromatic carbocycles. The second-order valence-corrected chi connectivity index (χ2v) is 6.31. The minimum absolute atomic E-state index is 0.650. The van der Waals surface area contributed by atoms with E-state index in [0.29, 0.717) is 12.1 Å². The topological polar surface area (TPSA) is 15.3 Å². The largest absolute Gasteiger partial charge is 0.313 e. The van der Waals surface area contributed by atoms with Gasteiger partial charge in [-0.2, -0.15) is 0 Å². The molecule has 0 heterocycles. The zero-order valence-corrected chi connectivity index (χ0v) is 13.2. The Morgan fingerprint density at radius 2 is 1.72 bits per heavy atom. The third kappa shape index (κ3) is 4.89. The highest BCUT2D eigenvalue weighted by Crippen LogP contribution is 2.29. The van der Waals surface area contributed by atoms with Crippen LogP contribution in [-0.2, 0) is 0 Å². The Hall–Kier alpha value is -0.0800. The number of hydrogen-bond acceptors (Lipinski definition) is 2. The maximum absolute atomic E-state index is 3.63. The molecule has 0 aliphatic heterocycles. The van der Waals surface area contributed by atoms with Crippen LogP contribution in [0.1, 0.15) is 66.2 Å². The first-order valence-corrected chi connectivity index (χ1v) is 8.03. The van der Waals surface area contributed by atoms with Gasteiger partial charge in [-0.05, 0) is 58.9 Å². The van der Waals surface area contributed by atoms with Crippen molar-refractivity contribution >= 4 is 0 Å². The van der Waals surface area contributed by atoms with Crippen molar-refractivity contribution in [3.05, 3.63) is 0 Å². The van der Waals surface area contributed by atoms with Crippen molar-refractivity contribution in [3.63, 3.8) is 0 Å². The molecule has 0 saturated heterocycles. The summed E-state index contributed by atoms with van der Waals surface area (Å²) >= 11 is 0. The summed E-state index contributed by atoms with van der Waals surface area (Å²) in [5.41, 5.74) is 0. The van der Waals surface area contributed by atoms with E-state index in [9.17, 15) is 0 Å². The molecule has 0 amide bonds. The first-order valence-electron chi connectivity index (χ1n) is 8.03. The number of rotatable bonds is 7. The SMILES string of the molecule is CCC1CCC(N(C)C(C)CNC(C)CC)CC1.